The van der Waals surface area contributed by atoms with Crippen LogP contribution in [0.15, 0.2) is 48.5 Å². The van der Waals surface area contributed by atoms with Crippen molar-refractivity contribution in [3.05, 3.63) is 53.6 Å². The van der Waals surface area contributed by atoms with Crippen LogP contribution in [-0.4, -0.2) is 11.7 Å². The van der Waals surface area contributed by atoms with Gasteiger partial charge in [0.05, 0.1) is 5.02 Å². The number of nitrogens with one attached hydrogen (secondary N) is 1. The lowest BCUT2D eigenvalue weighted by molar-refractivity contribution is 0.0636. The Morgan fingerprint density at radius 2 is 1.77 bits per heavy atom. The molecule has 0 atom stereocenters. The van der Waals surface area contributed by atoms with E-state index in [2.05, 4.69) is 5.32 Å². The lowest BCUT2D eigenvalue weighted by Gasteiger charge is -2.20. The maximum absolute atomic E-state index is 11.8. The maximum atomic E-state index is 11.8. The summed E-state index contributed by atoms with van der Waals surface area (Å²) in [5.74, 6) is 1.13. The first kappa shape index (κ1) is 16.2. The maximum Gasteiger partial charge on any atom is 0.412 e. The molecule has 22 heavy (non-hydrogen) atoms. The Morgan fingerprint density at radius 1 is 1.09 bits per heavy atom. The van der Waals surface area contributed by atoms with Gasteiger partial charge >= 0.3 is 6.09 Å². The molecule has 0 aliphatic carbocycles. The largest absolute Gasteiger partial charge is 0.456 e. The first-order valence-electron chi connectivity index (χ1n) is 6.86. The Bertz CT molecular complexity index is 651. The normalized spacial score (nSPS) is 10.9. The molecule has 0 unspecified atom stereocenters. The predicted octanol–water partition coefficient (Wildman–Crippen LogP) is 5.48. The molecule has 2 aromatic carbocycles. The van der Waals surface area contributed by atoms with Gasteiger partial charge in [0, 0.05) is 11.8 Å². The van der Waals surface area contributed by atoms with Gasteiger partial charge in [-0.1, -0.05) is 29.8 Å². The van der Waals surface area contributed by atoms with Gasteiger partial charge in [0.1, 0.15) is 17.1 Å². The monoisotopic (exact) mass is 319 g/mol. The number of carbonyl (C=O) groups excluding carboxylic acids is 1. The number of carbonyl (C=O) groups is 1. The molecule has 2 rings (SSSR count). The molecule has 0 radical (unpaired) electrons. The Morgan fingerprint density at radius 3 is 2.41 bits per heavy atom. The van der Waals surface area contributed by atoms with Crippen molar-refractivity contribution in [3.8, 4) is 11.5 Å². The molecule has 0 aromatic heterocycles. The number of para-hydroxylation sites is 1. The summed E-state index contributed by atoms with van der Waals surface area (Å²) in [6, 6.07) is 14.3. The van der Waals surface area contributed by atoms with E-state index in [1.807, 2.05) is 30.3 Å². The zero-order chi connectivity index (χ0) is 16.2. The summed E-state index contributed by atoms with van der Waals surface area (Å²) in [7, 11) is 0. The van der Waals surface area contributed by atoms with Gasteiger partial charge in [-0.15, -0.1) is 0 Å². The van der Waals surface area contributed by atoms with E-state index in [0.717, 1.165) is 0 Å². The first-order valence-corrected chi connectivity index (χ1v) is 7.24. The molecule has 2 aromatic rings. The van der Waals surface area contributed by atoms with Gasteiger partial charge in [0.2, 0.25) is 0 Å². The quantitative estimate of drug-likeness (QED) is 0.815. The molecule has 0 bridgehead atoms. The van der Waals surface area contributed by atoms with Crippen LogP contribution in [0.3, 0.4) is 0 Å². The van der Waals surface area contributed by atoms with Gasteiger partial charge in [0.25, 0.3) is 0 Å². The van der Waals surface area contributed by atoms with Crippen LogP contribution in [0, 0.1) is 0 Å². The molecule has 0 saturated heterocycles. The summed E-state index contributed by atoms with van der Waals surface area (Å²) in [5, 5.41) is 3.11. The van der Waals surface area contributed by atoms with Crippen LogP contribution >= 0.6 is 11.6 Å². The van der Waals surface area contributed by atoms with Crippen molar-refractivity contribution in [1.82, 2.24) is 0 Å². The van der Waals surface area contributed by atoms with Crippen molar-refractivity contribution in [1.29, 1.82) is 0 Å². The number of amides is 1. The highest BCUT2D eigenvalue weighted by Crippen LogP contribution is 2.32. The lowest BCUT2D eigenvalue weighted by Crippen LogP contribution is -2.27. The molecular weight excluding hydrogens is 302 g/mol. The molecule has 5 heteroatoms. The Hall–Kier alpha value is -2.20. The fourth-order valence-corrected chi connectivity index (χ4v) is 1.85. The van der Waals surface area contributed by atoms with Crippen molar-refractivity contribution in [3.63, 3.8) is 0 Å². The van der Waals surface area contributed by atoms with E-state index < -0.39 is 11.7 Å². The number of anilines is 1. The summed E-state index contributed by atoms with van der Waals surface area (Å²) in [6.07, 6.45) is -0.527. The fourth-order valence-electron chi connectivity index (χ4n) is 1.70. The fraction of sp³-hybridized carbons (Fsp3) is 0.235. The Balaban J connectivity index is 2.11. The van der Waals surface area contributed by atoms with Gasteiger partial charge in [-0.3, -0.25) is 5.32 Å². The zero-order valence-electron chi connectivity index (χ0n) is 12.7. The number of hydrogen-bond acceptors (Lipinski definition) is 3. The molecule has 0 spiro atoms. The molecule has 1 N–H and O–H groups in total. The molecule has 1 amide bonds. The van der Waals surface area contributed by atoms with Crippen LogP contribution in [0.5, 0.6) is 11.5 Å². The second-order valence-corrected chi connectivity index (χ2v) is 6.09. The average molecular weight is 320 g/mol. The summed E-state index contributed by atoms with van der Waals surface area (Å²) < 4.78 is 10.9. The minimum Gasteiger partial charge on any atom is -0.456 e. The summed E-state index contributed by atoms with van der Waals surface area (Å²) >= 11 is 6.12. The van der Waals surface area contributed by atoms with Gasteiger partial charge in [-0.2, -0.15) is 0 Å². The summed E-state index contributed by atoms with van der Waals surface area (Å²) in [5.41, 5.74) is -0.00977. The van der Waals surface area contributed by atoms with E-state index in [-0.39, 0.29) is 0 Å². The second kappa shape index (κ2) is 6.71. The molecule has 116 valence electrons. The molecular formula is C17H18ClNO3. The third-order valence-electron chi connectivity index (χ3n) is 2.55. The number of rotatable bonds is 3. The van der Waals surface area contributed by atoms with Gasteiger partial charge in [-0.25, -0.2) is 4.79 Å². The smallest absolute Gasteiger partial charge is 0.412 e. The molecule has 0 aliphatic rings. The summed E-state index contributed by atoms with van der Waals surface area (Å²) in [4.78, 5) is 11.8. The minimum atomic E-state index is -0.556. The SMILES string of the molecule is CC(C)(C)OC(=O)Nc1ccc(Cl)c(Oc2ccccc2)c1. The Kier molecular flexibility index (Phi) is 4.93. The molecule has 0 saturated carbocycles. The molecule has 4 nitrogen and oxygen atoms in total. The van der Waals surface area contributed by atoms with Crippen molar-refractivity contribution >= 4 is 23.4 Å². The van der Waals surface area contributed by atoms with E-state index in [0.29, 0.717) is 22.2 Å². The minimum absolute atomic E-state index is 0.457. The Labute approximate surface area is 135 Å². The van der Waals surface area contributed by atoms with Gasteiger partial charge < -0.3 is 9.47 Å². The van der Waals surface area contributed by atoms with Crippen LogP contribution in [0.4, 0.5) is 10.5 Å². The highest BCUT2D eigenvalue weighted by Gasteiger charge is 2.16. The molecule has 0 heterocycles. The van der Waals surface area contributed by atoms with E-state index in [4.69, 9.17) is 21.1 Å². The van der Waals surface area contributed by atoms with E-state index in [1.54, 1.807) is 39.0 Å². The van der Waals surface area contributed by atoms with E-state index >= 15 is 0 Å². The summed E-state index contributed by atoms with van der Waals surface area (Å²) in [6.45, 7) is 5.41. The average Bonchev–Trinajstić information content (AvgIpc) is 2.41. The molecule has 0 aliphatic heterocycles. The van der Waals surface area contributed by atoms with Crippen LogP contribution in [0.25, 0.3) is 0 Å². The highest BCUT2D eigenvalue weighted by molar-refractivity contribution is 6.32. The first-order chi connectivity index (χ1) is 10.3. The van der Waals surface area contributed by atoms with Crippen LogP contribution in [-0.2, 0) is 4.74 Å². The topological polar surface area (TPSA) is 47.6 Å². The highest BCUT2D eigenvalue weighted by atomic mass is 35.5. The number of hydrogen-bond donors (Lipinski definition) is 1. The van der Waals surface area contributed by atoms with Crippen LogP contribution < -0.4 is 10.1 Å². The zero-order valence-corrected chi connectivity index (χ0v) is 13.5. The number of ether oxygens (including phenoxy) is 2. The van der Waals surface area contributed by atoms with Crippen molar-refractivity contribution < 1.29 is 14.3 Å². The van der Waals surface area contributed by atoms with Crippen LogP contribution in [0.2, 0.25) is 5.02 Å². The van der Waals surface area contributed by atoms with Crippen LogP contribution in [0.1, 0.15) is 20.8 Å². The van der Waals surface area contributed by atoms with Crippen molar-refractivity contribution in [2.24, 2.45) is 0 Å². The number of halogens is 1. The van der Waals surface area contributed by atoms with E-state index in [9.17, 15) is 4.79 Å². The second-order valence-electron chi connectivity index (χ2n) is 5.69. The third-order valence-corrected chi connectivity index (χ3v) is 2.86. The van der Waals surface area contributed by atoms with Gasteiger partial charge in [-0.05, 0) is 45.0 Å². The number of benzene rings is 2. The standard InChI is InChI=1S/C17H18ClNO3/c1-17(2,3)22-16(20)19-12-9-10-14(18)15(11-12)21-13-7-5-4-6-8-13/h4-11H,1-3H3,(H,19,20). The predicted molar refractivity (Wildman–Crippen MR) is 87.8 cm³/mol. The van der Waals surface area contributed by atoms with Gasteiger partial charge in [0.15, 0.2) is 0 Å². The van der Waals surface area contributed by atoms with Crippen molar-refractivity contribution in [2.45, 2.75) is 26.4 Å². The lowest BCUT2D eigenvalue weighted by atomic mass is 10.2. The molecule has 0 fully saturated rings. The third kappa shape index (κ3) is 4.97. The van der Waals surface area contributed by atoms with Crippen molar-refractivity contribution in [2.75, 3.05) is 5.32 Å². The van der Waals surface area contributed by atoms with E-state index in [1.165, 1.54) is 0 Å².